The molecule has 1 heterocycles. The van der Waals surface area contributed by atoms with Crippen LogP contribution >= 0.6 is 11.8 Å². The molecule has 2 nitrogen and oxygen atoms in total. The van der Waals surface area contributed by atoms with Gasteiger partial charge in [-0.3, -0.25) is 0 Å². The Hall–Kier alpha value is -1.32. The number of nitrogens with one attached hydrogen (secondary N) is 1. The molecule has 0 aliphatic heterocycles. The molecule has 1 saturated carbocycles. The molecule has 0 bridgehead atoms. The van der Waals surface area contributed by atoms with E-state index in [0.29, 0.717) is 0 Å². The minimum atomic E-state index is 0.744. The molecule has 2 aromatic rings. The molecule has 1 aliphatic carbocycles. The average Bonchev–Trinajstić information content (AvgIpc) is 3.24. The largest absolute Gasteiger partial charge is 0.310 e. The smallest absolute Gasteiger partial charge is 0.101 e. The maximum Gasteiger partial charge on any atom is 0.101 e. The maximum absolute atomic E-state index is 4.39. The van der Waals surface area contributed by atoms with Crippen molar-refractivity contribution in [1.82, 2.24) is 10.3 Å². The molecule has 1 aromatic heterocycles. The maximum atomic E-state index is 4.39. The highest BCUT2D eigenvalue weighted by Gasteiger charge is 2.20. The summed E-state index contributed by atoms with van der Waals surface area (Å²) in [5.74, 6) is 0. The number of hydrogen-bond donors (Lipinski definition) is 1. The minimum absolute atomic E-state index is 0.744. The molecule has 1 fully saturated rings. The number of aryl methyl sites for hydroxylation is 1. The van der Waals surface area contributed by atoms with Gasteiger partial charge in [0.25, 0.3) is 0 Å². The Kier molecular flexibility index (Phi) is 3.85. The summed E-state index contributed by atoms with van der Waals surface area (Å²) >= 11 is 1.74. The fraction of sp³-hybridized carbons (Fsp3) is 0.312. The van der Waals surface area contributed by atoms with Crippen LogP contribution in [0.5, 0.6) is 0 Å². The fourth-order valence-corrected chi connectivity index (χ4v) is 2.89. The van der Waals surface area contributed by atoms with E-state index in [-0.39, 0.29) is 0 Å². The quantitative estimate of drug-likeness (QED) is 0.894. The third-order valence-corrected chi connectivity index (χ3v) is 4.30. The van der Waals surface area contributed by atoms with E-state index < -0.39 is 0 Å². The number of hydrogen-bond acceptors (Lipinski definition) is 3. The Morgan fingerprint density at radius 2 is 2.16 bits per heavy atom. The zero-order valence-corrected chi connectivity index (χ0v) is 11.9. The van der Waals surface area contributed by atoms with Crippen molar-refractivity contribution in [2.75, 3.05) is 0 Å². The molecule has 0 unspecified atom stereocenters. The molecule has 0 radical (unpaired) electrons. The van der Waals surface area contributed by atoms with Gasteiger partial charge < -0.3 is 5.32 Å². The second kappa shape index (κ2) is 5.76. The van der Waals surface area contributed by atoms with Gasteiger partial charge in [-0.2, -0.15) is 0 Å². The summed E-state index contributed by atoms with van der Waals surface area (Å²) in [4.78, 5) is 5.69. The van der Waals surface area contributed by atoms with E-state index in [1.165, 1.54) is 28.9 Å². The normalized spacial score (nSPS) is 14.6. The highest BCUT2D eigenvalue weighted by Crippen LogP contribution is 2.30. The molecular formula is C16H18N2S. The Bertz CT molecular complexity index is 550. The molecule has 3 rings (SSSR count). The van der Waals surface area contributed by atoms with Crippen molar-refractivity contribution in [2.24, 2.45) is 0 Å². The van der Waals surface area contributed by atoms with Crippen LogP contribution in [0.2, 0.25) is 0 Å². The van der Waals surface area contributed by atoms with Gasteiger partial charge in [0.1, 0.15) is 5.03 Å². The zero-order valence-electron chi connectivity index (χ0n) is 11.1. The van der Waals surface area contributed by atoms with E-state index in [9.17, 15) is 0 Å². The van der Waals surface area contributed by atoms with Crippen molar-refractivity contribution < 1.29 is 0 Å². The first-order valence-electron chi connectivity index (χ1n) is 6.73. The van der Waals surface area contributed by atoms with Gasteiger partial charge in [0, 0.05) is 23.7 Å². The van der Waals surface area contributed by atoms with E-state index in [1.54, 1.807) is 11.8 Å². The van der Waals surface area contributed by atoms with Crippen LogP contribution < -0.4 is 5.32 Å². The van der Waals surface area contributed by atoms with Gasteiger partial charge >= 0.3 is 0 Å². The molecule has 1 N–H and O–H groups in total. The van der Waals surface area contributed by atoms with Crippen molar-refractivity contribution in [2.45, 2.75) is 42.3 Å². The summed E-state index contributed by atoms with van der Waals surface area (Å²) < 4.78 is 0. The fourth-order valence-electron chi connectivity index (χ4n) is 2.01. The van der Waals surface area contributed by atoms with Crippen LogP contribution in [0, 0.1) is 6.92 Å². The second-order valence-corrected chi connectivity index (χ2v) is 6.10. The lowest BCUT2D eigenvalue weighted by Crippen LogP contribution is -2.15. The zero-order chi connectivity index (χ0) is 13.1. The van der Waals surface area contributed by atoms with Crippen LogP contribution in [0.25, 0.3) is 0 Å². The van der Waals surface area contributed by atoms with Crippen LogP contribution in [0.3, 0.4) is 0 Å². The number of nitrogens with zero attached hydrogens (tertiary/aromatic N) is 1. The number of aromatic nitrogens is 1. The van der Waals surface area contributed by atoms with Gasteiger partial charge in [0.05, 0.1) is 0 Å². The second-order valence-electron chi connectivity index (χ2n) is 5.04. The summed E-state index contributed by atoms with van der Waals surface area (Å²) in [7, 11) is 0. The van der Waals surface area contributed by atoms with E-state index in [0.717, 1.165) is 17.6 Å². The lowest BCUT2D eigenvalue weighted by Gasteiger charge is -2.10. The van der Waals surface area contributed by atoms with Gasteiger partial charge in [-0.1, -0.05) is 35.5 Å². The highest BCUT2D eigenvalue weighted by atomic mass is 32.2. The molecule has 0 atom stereocenters. The van der Waals surface area contributed by atoms with Crippen molar-refractivity contribution in [3.8, 4) is 0 Å². The van der Waals surface area contributed by atoms with Crippen molar-refractivity contribution in [3.05, 3.63) is 53.7 Å². The molecule has 1 aliphatic rings. The first-order chi connectivity index (χ1) is 9.31. The van der Waals surface area contributed by atoms with Crippen molar-refractivity contribution in [1.29, 1.82) is 0 Å². The van der Waals surface area contributed by atoms with E-state index in [1.807, 2.05) is 18.3 Å². The van der Waals surface area contributed by atoms with Gasteiger partial charge in [0.2, 0.25) is 0 Å². The minimum Gasteiger partial charge on any atom is -0.310 e. The lowest BCUT2D eigenvalue weighted by atomic mass is 10.1. The number of benzene rings is 1. The Balaban J connectivity index is 1.78. The van der Waals surface area contributed by atoms with Crippen LogP contribution in [0.1, 0.15) is 24.0 Å². The van der Waals surface area contributed by atoms with Gasteiger partial charge in [-0.15, -0.1) is 0 Å². The Morgan fingerprint density at radius 3 is 2.89 bits per heavy atom. The number of pyridine rings is 1. The van der Waals surface area contributed by atoms with E-state index in [4.69, 9.17) is 0 Å². The van der Waals surface area contributed by atoms with E-state index in [2.05, 4.69) is 41.5 Å². The molecular weight excluding hydrogens is 252 g/mol. The van der Waals surface area contributed by atoms with Gasteiger partial charge in [0.15, 0.2) is 0 Å². The summed E-state index contributed by atoms with van der Waals surface area (Å²) in [6.45, 7) is 3.11. The predicted molar refractivity (Wildman–Crippen MR) is 79.4 cm³/mol. The van der Waals surface area contributed by atoms with Gasteiger partial charge in [-0.05, 0) is 43.5 Å². The molecule has 19 heavy (non-hydrogen) atoms. The van der Waals surface area contributed by atoms with Crippen LogP contribution in [-0.2, 0) is 6.54 Å². The Labute approximate surface area is 118 Å². The molecule has 0 amide bonds. The average molecular weight is 270 g/mol. The SMILES string of the molecule is Cc1ccc(Sc2ccccn2)c(CNC2CC2)c1. The third-order valence-electron chi connectivity index (χ3n) is 3.23. The van der Waals surface area contributed by atoms with Crippen molar-refractivity contribution >= 4 is 11.8 Å². The third kappa shape index (κ3) is 3.58. The Morgan fingerprint density at radius 1 is 1.26 bits per heavy atom. The predicted octanol–water partition coefficient (Wildman–Crippen LogP) is 3.79. The van der Waals surface area contributed by atoms with Crippen LogP contribution in [-0.4, -0.2) is 11.0 Å². The highest BCUT2D eigenvalue weighted by molar-refractivity contribution is 7.99. The molecule has 1 aromatic carbocycles. The summed E-state index contributed by atoms with van der Waals surface area (Å²) in [6, 6.07) is 13.4. The van der Waals surface area contributed by atoms with Crippen molar-refractivity contribution in [3.63, 3.8) is 0 Å². The molecule has 0 saturated heterocycles. The molecule has 3 heteroatoms. The lowest BCUT2D eigenvalue weighted by molar-refractivity contribution is 0.680. The first kappa shape index (κ1) is 12.7. The molecule has 0 spiro atoms. The molecule has 98 valence electrons. The van der Waals surface area contributed by atoms with Gasteiger partial charge in [-0.25, -0.2) is 4.98 Å². The number of rotatable bonds is 5. The van der Waals surface area contributed by atoms with Crippen LogP contribution in [0.15, 0.2) is 52.5 Å². The van der Waals surface area contributed by atoms with E-state index >= 15 is 0 Å². The standard InChI is InChI=1S/C16H18N2S/c1-12-5-8-15(19-16-4-2-3-9-17-16)13(10-12)11-18-14-6-7-14/h2-5,8-10,14,18H,6-7,11H2,1H3. The monoisotopic (exact) mass is 270 g/mol. The summed E-state index contributed by atoms with van der Waals surface area (Å²) in [5.41, 5.74) is 2.69. The topological polar surface area (TPSA) is 24.9 Å². The summed E-state index contributed by atoms with van der Waals surface area (Å²) in [5, 5.41) is 4.65. The first-order valence-corrected chi connectivity index (χ1v) is 7.55. The van der Waals surface area contributed by atoms with Crippen LogP contribution in [0.4, 0.5) is 0 Å². The summed E-state index contributed by atoms with van der Waals surface area (Å²) in [6.07, 6.45) is 4.50.